The van der Waals surface area contributed by atoms with Crippen LogP contribution in [0.25, 0.3) is 0 Å². The van der Waals surface area contributed by atoms with Crippen LogP contribution in [0.4, 0.5) is 5.69 Å². The van der Waals surface area contributed by atoms with Crippen LogP contribution >= 0.6 is 23.2 Å². The number of hydrogen-bond donors (Lipinski definition) is 1. The average molecular weight is 439 g/mol. The van der Waals surface area contributed by atoms with Crippen molar-refractivity contribution in [2.24, 2.45) is 5.92 Å². The third kappa shape index (κ3) is 3.86. The van der Waals surface area contributed by atoms with Gasteiger partial charge >= 0.3 is 0 Å². The Morgan fingerprint density at radius 3 is 2.71 bits per heavy atom. The van der Waals surface area contributed by atoms with Gasteiger partial charge in [-0.3, -0.25) is 9.10 Å². The molecule has 1 amide bonds. The van der Waals surface area contributed by atoms with Crippen molar-refractivity contribution >= 4 is 44.8 Å². The van der Waals surface area contributed by atoms with Crippen molar-refractivity contribution in [3.63, 3.8) is 0 Å². The number of amides is 1. The van der Waals surface area contributed by atoms with E-state index in [1.54, 1.807) is 12.1 Å². The molecule has 1 fully saturated rings. The zero-order chi connectivity index (χ0) is 19.9. The third-order valence-electron chi connectivity index (χ3n) is 5.34. The summed E-state index contributed by atoms with van der Waals surface area (Å²) in [6, 6.07) is 12.9. The summed E-state index contributed by atoms with van der Waals surface area (Å²) >= 11 is 12.0. The first-order valence-corrected chi connectivity index (χ1v) is 11.5. The fourth-order valence-corrected chi connectivity index (χ4v) is 5.47. The zero-order valence-corrected chi connectivity index (χ0v) is 17.4. The van der Waals surface area contributed by atoms with Gasteiger partial charge in [-0.25, -0.2) is 8.42 Å². The first-order valence-electron chi connectivity index (χ1n) is 9.18. The highest BCUT2D eigenvalue weighted by atomic mass is 35.5. The Bertz CT molecular complexity index is 1030. The number of nitrogens with zero attached hydrogens (tertiary/aromatic N) is 1. The van der Waals surface area contributed by atoms with E-state index in [-0.39, 0.29) is 30.0 Å². The molecule has 2 atom stereocenters. The van der Waals surface area contributed by atoms with Gasteiger partial charge in [0.05, 0.1) is 21.5 Å². The number of halogens is 2. The van der Waals surface area contributed by atoms with Gasteiger partial charge in [-0.2, -0.15) is 0 Å². The molecule has 0 aromatic heterocycles. The number of para-hydroxylation sites is 1. The van der Waals surface area contributed by atoms with Crippen LogP contribution in [0.3, 0.4) is 0 Å². The summed E-state index contributed by atoms with van der Waals surface area (Å²) in [7, 11) is -3.46. The van der Waals surface area contributed by atoms with Gasteiger partial charge < -0.3 is 5.32 Å². The Hall–Kier alpha value is -1.76. The maximum atomic E-state index is 12.7. The molecule has 5 nitrogen and oxygen atoms in total. The fourth-order valence-electron chi connectivity index (χ4n) is 3.74. The minimum Gasteiger partial charge on any atom is -0.355 e. The molecule has 8 heteroatoms. The molecule has 0 bridgehead atoms. The van der Waals surface area contributed by atoms with E-state index in [2.05, 4.69) is 5.32 Å². The SMILES string of the molecule is O=C(NCCS(=O)(=O)N1CCc2ccccc21)C1CC1c1ccc(Cl)c(Cl)c1. The molecule has 1 saturated carbocycles. The predicted octanol–water partition coefficient (Wildman–Crippen LogP) is 3.61. The average Bonchev–Trinajstić information content (AvgIpc) is 3.34. The number of anilines is 1. The third-order valence-corrected chi connectivity index (χ3v) is 7.85. The van der Waals surface area contributed by atoms with Crippen molar-refractivity contribution < 1.29 is 13.2 Å². The highest BCUT2D eigenvalue weighted by Crippen LogP contribution is 2.48. The van der Waals surface area contributed by atoms with Gasteiger partial charge in [0.1, 0.15) is 0 Å². The van der Waals surface area contributed by atoms with E-state index in [0.29, 0.717) is 16.6 Å². The van der Waals surface area contributed by atoms with E-state index < -0.39 is 10.0 Å². The second kappa shape index (κ2) is 7.58. The van der Waals surface area contributed by atoms with Crippen LogP contribution in [0.5, 0.6) is 0 Å². The molecule has 0 spiro atoms. The van der Waals surface area contributed by atoms with E-state index in [1.165, 1.54) is 4.31 Å². The van der Waals surface area contributed by atoms with Crippen LogP contribution in [0.1, 0.15) is 23.5 Å². The van der Waals surface area contributed by atoms with Crippen molar-refractivity contribution in [1.29, 1.82) is 0 Å². The van der Waals surface area contributed by atoms with Crippen LogP contribution in [0, 0.1) is 5.92 Å². The second-order valence-corrected chi connectivity index (χ2v) is 10.0. The Morgan fingerprint density at radius 2 is 1.93 bits per heavy atom. The summed E-state index contributed by atoms with van der Waals surface area (Å²) in [5.74, 6) is -0.269. The lowest BCUT2D eigenvalue weighted by Gasteiger charge is -2.19. The lowest BCUT2D eigenvalue weighted by molar-refractivity contribution is -0.122. The number of hydrogen-bond acceptors (Lipinski definition) is 3. The number of rotatable bonds is 6. The summed E-state index contributed by atoms with van der Waals surface area (Å²) in [5, 5.41) is 3.73. The minimum atomic E-state index is -3.46. The number of carbonyl (C=O) groups excluding carboxylic acids is 1. The molecule has 0 saturated heterocycles. The van der Waals surface area contributed by atoms with Gasteiger partial charge in [-0.05, 0) is 48.1 Å². The van der Waals surface area contributed by atoms with E-state index in [0.717, 1.165) is 29.7 Å². The minimum absolute atomic E-state index is 0.102. The smallest absolute Gasteiger partial charge is 0.236 e. The molecule has 2 aromatic rings. The summed E-state index contributed by atoms with van der Waals surface area (Å²) in [5.41, 5.74) is 2.77. The molecule has 28 heavy (non-hydrogen) atoms. The standard InChI is InChI=1S/C20H20Cl2N2O3S/c21-17-6-5-14(11-18(17)22)15-12-16(15)20(25)23-8-10-28(26,27)24-9-7-13-3-1-2-4-19(13)24/h1-6,11,15-16H,7-10,12H2,(H,23,25). The van der Waals surface area contributed by atoms with Gasteiger partial charge in [0.2, 0.25) is 15.9 Å². The Morgan fingerprint density at radius 1 is 1.14 bits per heavy atom. The lowest BCUT2D eigenvalue weighted by atomic mass is 10.1. The maximum Gasteiger partial charge on any atom is 0.236 e. The van der Waals surface area contributed by atoms with Gasteiger partial charge in [0.15, 0.2) is 0 Å². The summed E-state index contributed by atoms with van der Waals surface area (Å²) < 4.78 is 26.8. The van der Waals surface area contributed by atoms with E-state index >= 15 is 0 Å². The second-order valence-electron chi connectivity index (χ2n) is 7.18. The molecule has 1 heterocycles. The van der Waals surface area contributed by atoms with Crippen molar-refractivity contribution in [3.8, 4) is 0 Å². The molecule has 2 aliphatic rings. The number of benzene rings is 2. The molecule has 4 rings (SSSR count). The summed E-state index contributed by atoms with van der Waals surface area (Å²) in [4.78, 5) is 12.4. The van der Waals surface area contributed by atoms with Crippen LogP contribution in [-0.2, 0) is 21.2 Å². The van der Waals surface area contributed by atoms with Crippen molar-refractivity contribution in [3.05, 3.63) is 63.6 Å². The molecular weight excluding hydrogens is 419 g/mol. The molecule has 0 radical (unpaired) electrons. The van der Waals surface area contributed by atoms with E-state index in [4.69, 9.17) is 23.2 Å². The van der Waals surface area contributed by atoms with E-state index in [9.17, 15) is 13.2 Å². The fraction of sp³-hybridized carbons (Fsp3) is 0.350. The molecule has 1 aliphatic heterocycles. The number of nitrogens with one attached hydrogen (secondary N) is 1. The molecule has 1 aliphatic carbocycles. The number of sulfonamides is 1. The summed E-state index contributed by atoms with van der Waals surface area (Å²) in [6.07, 6.45) is 1.45. The van der Waals surface area contributed by atoms with Crippen molar-refractivity contribution in [2.45, 2.75) is 18.8 Å². The Labute approximate surface area is 174 Å². The van der Waals surface area contributed by atoms with E-state index in [1.807, 2.05) is 30.3 Å². The number of carbonyl (C=O) groups is 1. The first kappa shape index (κ1) is 19.6. The maximum absolute atomic E-state index is 12.7. The predicted molar refractivity (Wildman–Crippen MR) is 112 cm³/mol. The quantitative estimate of drug-likeness (QED) is 0.748. The lowest BCUT2D eigenvalue weighted by Crippen LogP contribution is -2.37. The van der Waals surface area contributed by atoms with Crippen LogP contribution < -0.4 is 9.62 Å². The topological polar surface area (TPSA) is 66.5 Å². The molecule has 1 N–H and O–H groups in total. The molecule has 2 unspecified atom stereocenters. The van der Waals surface area contributed by atoms with Gasteiger partial charge in [-0.15, -0.1) is 0 Å². The molecule has 148 valence electrons. The largest absolute Gasteiger partial charge is 0.355 e. The normalized spacial score (nSPS) is 20.7. The van der Waals surface area contributed by atoms with Gasteiger partial charge in [0.25, 0.3) is 0 Å². The van der Waals surface area contributed by atoms with Crippen molar-refractivity contribution in [1.82, 2.24) is 5.32 Å². The summed E-state index contributed by atoms with van der Waals surface area (Å²) in [6.45, 7) is 0.558. The van der Waals surface area contributed by atoms with Gasteiger partial charge in [-0.1, -0.05) is 47.5 Å². The first-order chi connectivity index (χ1) is 13.4. The zero-order valence-electron chi connectivity index (χ0n) is 15.1. The van der Waals surface area contributed by atoms with Crippen LogP contribution in [0.2, 0.25) is 10.0 Å². The van der Waals surface area contributed by atoms with Crippen molar-refractivity contribution in [2.75, 3.05) is 23.1 Å². The van der Waals surface area contributed by atoms with Crippen LogP contribution in [0.15, 0.2) is 42.5 Å². The van der Waals surface area contributed by atoms with Gasteiger partial charge in [0, 0.05) is 19.0 Å². The molecular formula is C20H20Cl2N2O3S. The highest BCUT2D eigenvalue weighted by Gasteiger charge is 2.44. The number of fused-ring (bicyclic) bond motifs is 1. The Balaban J connectivity index is 1.31. The van der Waals surface area contributed by atoms with Crippen LogP contribution in [-0.4, -0.2) is 33.2 Å². The molecule has 2 aromatic carbocycles. The highest BCUT2D eigenvalue weighted by molar-refractivity contribution is 7.92. The Kier molecular flexibility index (Phi) is 5.29. The monoisotopic (exact) mass is 438 g/mol.